The maximum Gasteiger partial charge on any atom is 0.254 e. The summed E-state index contributed by atoms with van der Waals surface area (Å²) >= 11 is 12.3. The van der Waals surface area contributed by atoms with Crippen molar-refractivity contribution in [1.82, 2.24) is 10.3 Å². The highest BCUT2D eigenvalue weighted by Gasteiger charge is 2.20. The quantitative estimate of drug-likeness (QED) is 0.216. The summed E-state index contributed by atoms with van der Waals surface area (Å²) in [6.07, 6.45) is 2.13. The van der Waals surface area contributed by atoms with Gasteiger partial charge >= 0.3 is 0 Å². The normalized spacial score (nSPS) is 12.0. The number of hydrogen-bond acceptors (Lipinski definition) is 3. The molecule has 0 saturated carbocycles. The van der Waals surface area contributed by atoms with Crippen LogP contribution >= 0.6 is 23.2 Å². The molecule has 0 saturated heterocycles. The maximum atomic E-state index is 15.1. The second-order valence-corrected chi connectivity index (χ2v) is 9.61. The number of carbonyl (C=O) groups is 1. The number of amides is 1. The number of rotatable bonds is 10. The van der Waals surface area contributed by atoms with E-state index in [-0.39, 0.29) is 10.5 Å². The standard InChI is InChI=1S/C25H22Cl2FN3O3S/c26-18-10-11-20(24-22(18)19(27)14-30-24)31-35(33)21-9-4-8-17(23(21)28)25(32)29-12-5-13-34-15-16-6-2-1-3-7-16/h1-4,6-11,14,30-31H,5,12-13,15H2,(H,29,32). The molecule has 1 aromatic heterocycles. The lowest BCUT2D eigenvalue weighted by Crippen LogP contribution is -2.26. The third kappa shape index (κ3) is 6.02. The average molecular weight is 534 g/mol. The minimum absolute atomic E-state index is 0.149. The minimum atomic E-state index is -1.99. The third-order valence-electron chi connectivity index (χ3n) is 5.21. The van der Waals surface area contributed by atoms with Gasteiger partial charge < -0.3 is 15.0 Å². The molecule has 4 rings (SSSR count). The van der Waals surface area contributed by atoms with Crippen LogP contribution in [-0.2, 0) is 22.3 Å². The minimum Gasteiger partial charge on any atom is -0.377 e. The smallest absolute Gasteiger partial charge is 0.254 e. The molecule has 182 valence electrons. The van der Waals surface area contributed by atoms with Crippen LogP contribution in [0.2, 0.25) is 10.0 Å². The molecule has 6 nitrogen and oxygen atoms in total. The van der Waals surface area contributed by atoms with E-state index in [1.54, 1.807) is 18.3 Å². The lowest BCUT2D eigenvalue weighted by molar-refractivity contribution is 0.0930. The number of anilines is 1. The topological polar surface area (TPSA) is 83.2 Å². The van der Waals surface area contributed by atoms with E-state index < -0.39 is 22.7 Å². The second-order valence-electron chi connectivity index (χ2n) is 7.62. The van der Waals surface area contributed by atoms with Gasteiger partial charge in [0, 0.05) is 24.7 Å². The van der Waals surface area contributed by atoms with E-state index >= 15 is 4.39 Å². The summed E-state index contributed by atoms with van der Waals surface area (Å²) in [6, 6.07) is 17.2. The predicted octanol–water partition coefficient (Wildman–Crippen LogP) is 6.09. The first-order valence-electron chi connectivity index (χ1n) is 10.8. The van der Waals surface area contributed by atoms with Gasteiger partial charge in [0.15, 0.2) is 16.8 Å². The molecule has 0 fully saturated rings. The molecular formula is C25H22Cl2FN3O3S. The van der Waals surface area contributed by atoms with Gasteiger partial charge in [0.2, 0.25) is 0 Å². The molecule has 0 bridgehead atoms. The summed E-state index contributed by atoms with van der Waals surface area (Å²) in [5.41, 5.74) is 1.85. The zero-order valence-electron chi connectivity index (χ0n) is 18.4. The van der Waals surface area contributed by atoms with Gasteiger partial charge in [-0.2, -0.15) is 0 Å². The van der Waals surface area contributed by atoms with Crippen molar-refractivity contribution < 1.29 is 18.1 Å². The third-order valence-corrected chi connectivity index (χ3v) is 6.94. The lowest BCUT2D eigenvalue weighted by atomic mass is 10.2. The number of benzene rings is 3. The fourth-order valence-corrected chi connectivity index (χ4v) is 4.99. The van der Waals surface area contributed by atoms with Gasteiger partial charge in [-0.25, -0.2) is 8.60 Å². The number of halogens is 3. The Hall–Kier alpha value is -2.91. The van der Waals surface area contributed by atoms with Gasteiger partial charge in [0.25, 0.3) is 5.91 Å². The van der Waals surface area contributed by atoms with Crippen molar-refractivity contribution in [1.29, 1.82) is 0 Å². The number of H-pyrrole nitrogens is 1. The van der Waals surface area contributed by atoms with Crippen molar-refractivity contribution >= 4 is 56.7 Å². The summed E-state index contributed by atoms with van der Waals surface area (Å²) in [6.45, 7) is 1.25. The number of hydrogen-bond donors (Lipinski definition) is 3. The van der Waals surface area contributed by atoms with Crippen molar-refractivity contribution in [2.45, 2.75) is 17.9 Å². The molecule has 1 amide bonds. The van der Waals surface area contributed by atoms with E-state index in [0.29, 0.717) is 52.8 Å². The number of nitrogens with one attached hydrogen (secondary N) is 3. The number of ether oxygens (including phenoxy) is 1. The zero-order valence-corrected chi connectivity index (χ0v) is 20.8. The van der Waals surface area contributed by atoms with Gasteiger partial charge in [-0.3, -0.25) is 9.52 Å². The molecule has 0 aliphatic heterocycles. The molecule has 1 unspecified atom stereocenters. The van der Waals surface area contributed by atoms with Crippen LogP contribution in [-0.4, -0.2) is 28.3 Å². The highest BCUT2D eigenvalue weighted by atomic mass is 35.5. The molecule has 3 N–H and O–H groups in total. The van der Waals surface area contributed by atoms with Gasteiger partial charge in [0.05, 0.1) is 38.3 Å². The monoisotopic (exact) mass is 533 g/mol. The van der Waals surface area contributed by atoms with Gasteiger partial charge in [-0.1, -0.05) is 59.6 Å². The van der Waals surface area contributed by atoms with E-state index in [0.717, 1.165) is 5.56 Å². The molecule has 0 spiro atoms. The van der Waals surface area contributed by atoms with Crippen LogP contribution in [0.3, 0.4) is 0 Å². The van der Waals surface area contributed by atoms with E-state index in [1.807, 2.05) is 30.3 Å². The van der Waals surface area contributed by atoms with Gasteiger partial charge in [0.1, 0.15) is 0 Å². The molecule has 3 aromatic carbocycles. The first kappa shape index (κ1) is 25.2. The summed E-state index contributed by atoms with van der Waals surface area (Å²) in [5, 5.41) is 4.08. The van der Waals surface area contributed by atoms with Crippen molar-refractivity contribution in [2.75, 3.05) is 17.9 Å². The van der Waals surface area contributed by atoms with Crippen LogP contribution in [0, 0.1) is 5.82 Å². The highest BCUT2D eigenvalue weighted by molar-refractivity contribution is 7.86. The predicted molar refractivity (Wildman–Crippen MR) is 138 cm³/mol. The fraction of sp³-hybridized carbons (Fsp3) is 0.160. The number of carbonyl (C=O) groups excluding carboxylic acids is 1. The van der Waals surface area contributed by atoms with Crippen LogP contribution in [0.1, 0.15) is 22.3 Å². The first-order valence-corrected chi connectivity index (χ1v) is 12.7. The van der Waals surface area contributed by atoms with Crippen LogP contribution in [0.5, 0.6) is 0 Å². The molecule has 0 radical (unpaired) electrons. The highest BCUT2D eigenvalue weighted by Crippen LogP contribution is 2.35. The lowest BCUT2D eigenvalue weighted by Gasteiger charge is -2.11. The Bertz CT molecular complexity index is 1370. The molecule has 35 heavy (non-hydrogen) atoms. The molecular weight excluding hydrogens is 512 g/mol. The average Bonchev–Trinajstić information content (AvgIpc) is 3.26. The van der Waals surface area contributed by atoms with Crippen molar-refractivity contribution in [3.05, 3.63) is 93.8 Å². The van der Waals surface area contributed by atoms with Crippen LogP contribution < -0.4 is 10.0 Å². The number of aromatic nitrogens is 1. The Balaban J connectivity index is 1.35. The summed E-state index contributed by atoms with van der Waals surface area (Å²) in [7, 11) is -1.99. The van der Waals surface area contributed by atoms with E-state index in [9.17, 15) is 9.00 Å². The zero-order chi connectivity index (χ0) is 24.8. The van der Waals surface area contributed by atoms with E-state index in [4.69, 9.17) is 27.9 Å². The van der Waals surface area contributed by atoms with Crippen LogP contribution in [0.25, 0.3) is 10.9 Å². The molecule has 10 heteroatoms. The van der Waals surface area contributed by atoms with Gasteiger partial charge in [-0.15, -0.1) is 0 Å². The van der Waals surface area contributed by atoms with E-state index in [1.165, 1.54) is 18.2 Å². The molecule has 0 aliphatic rings. The first-order chi connectivity index (χ1) is 17.0. The Morgan fingerprint density at radius 3 is 2.63 bits per heavy atom. The SMILES string of the molecule is O=C(NCCCOCc1ccccc1)c1cccc(S(=O)Nc2ccc(Cl)c3c(Cl)c[nH]c23)c1F. The Kier molecular flexibility index (Phi) is 8.41. The number of aromatic amines is 1. The number of fused-ring (bicyclic) bond motifs is 1. The van der Waals surface area contributed by atoms with Crippen molar-refractivity contribution in [2.24, 2.45) is 0 Å². The Morgan fingerprint density at radius 1 is 1.03 bits per heavy atom. The summed E-state index contributed by atoms with van der Waals surface area (Å²) < 4.78 is 36.4. The second kappa shape index (κ2) is 11.7. The molecule has 1 heterocycles. The molecule has 4 aromatic rings. The van der Waals surface area contributed by atoms with Crippen LogP contribution in [0.15, 0.2) is 71.8 Å². The van der Waals surface area contributed by atoms with Crippen molar-refractivity contribution in [3.63, 3.8) is 0 Å². The summed E-state index contributed by atoms with van der Waals surface area (Å²) in [4.78, 5) is 15.3. The maximum absolute atomic E-state index is 15.1. The van der Waals surface area contributed by atoms with Gasteiger partial charge in [-0.05, 0) is 36.2 Å². The van der Waals surface area contributed by atoms with Crippen molar-refractivity contribution in [3.8, 4) is 0 Å². The Morgan fingerprint density at radius 2 is 1.83 bits per heavy atom. The van der Waals surface area contributed by atoms with E-state index in [2.05, 4.69) is 15.0 Å². The summed E-state index contributed by atoms with van der Waals surface area (Å²) in [5.74, 6) is -1.44. The fourth-order valence-electron chi connectivity index (χ4n) is 3.47. The largest absolute Gasteiger partial charge is 0.377 e. The molecule has 1 atom stereocenters. The molecule has 0 aliphatic carbocycles. The van der Waals surface area contributed by atoms with Crippen LogP contribution in [0.4, 0.5) is 10.1 Å². The Labute approximate surface area is 214 Å².